The lowest BCUT2D eigenvalue weighted by Crippen LogP contribution is -2.37. The van der Waals surface area contributed by atoms with Crippen LogP contribution in [0.1, 0.15) is 0 Å². The summed E-state index contributed by atoms with van der Waals surface area (Å²) in [7, 11) is 0. The van der Waals surface area contributed by atoms with Gasteiger partial charge in [-0.1, -0.05) is 11.6 Å². The number of nitrogens with zero attached hydrogens (tertiary/aromatic N) is 2. The largest absolute Gasteiger partial charge is 0.487 e. The molecule has 0 aliphatic carbocycles. The third kappa shape index (κ3) is 2.62. The van der Waals surface area contributed by atoms with Gasteiger partial charge >= 0.3 is 6.09 Å². The van der Waals surface area contributed by atoms with Crippen molar-refractivity contribution in [3.63, 3.8) is 0 Å². The van der Waals surface area contributed by atoms with Gasteiger partial charge in [0.05, 0.1) is 16.7 Å². The van der Waals surface area contributed by atoms with Gasteiger partial charge in [-0.2, -0.15) is 0 Å². The van der Waals surface area contributed by atoms with Gasteiger partial charge < -0.3 is 9.84 Å². The molecule has 0 radical (unpaired) electrons. The van der Waals surface area contributed by atoms with Crippen molar-refractivity contribution in [3.8, 4) is 17.0 Å². The number of aromatic nitrogens is 1. The number of pyridine rings is 1. The number of amides is 1. The second-order valence-corrected chi connectivity index (χ2v) is 5.84. The average molecular weight is 388 g/mol. The lowest BCUT2D eigenvalue weighted by Gasteiger charge is -2.27. The molecule has 5 nitrogen and oxygen atoms in total. The number of halogens is 3. The van der Waals surface area contributed by atoms with Crippen molar-refractivity contribution in [1.82, 2.24) is 4.98 Å². The SMILES string of the molecule is O=C(O)N1CCOc2c(Br)cc(-c3cc(Cl)ccc3F)nc21. The quantitative estimate of drug-likeness (QED) is 0.797. The standard InChI is InChI=1S/C14H9BrClFN2O3/c15-9-6-11(8-5-7(16)1-2-10(8)17)18-13-12(9)22-4-3-19(13)14(20)21/h1-2,5-6H,3-4H2,(H,20,21). The van der Waals surface area contributed by atoms with Crippen molar-refractivity contribution in [3.05, 3.63) is 39.6 Å². The molecule has 22 heavy (non-hydrogen) atoms. The summed E-state index contributed by atoms with van der Waals surface area (Å²) in [6.45, 7) is 0.383. The Labute approximate surface area is 138 Å². The minimum atomic E-state index is -1.15. The van der Waals surface area contributed by atoms with Crippen LogP contribution in [0.3, 0.4) is 0 Å². The molecule has 0 unspecified atom stereocenters. The molecule has 0 fully saturated rings. The number of anilines is 1. The number of carbonyl (C=O) groups is 1. The summed E-state index contributed by atoms with van der Waals surface area (Å²) in [5, 5.41) is 9.62. The van der Waals surface area contributed by atoms with Crippen LogP contribution in [0.2, 0.25) is 5.02 Å². The van der Waals surface area contributed by atoms with Crippen LogP contribution in [-0.2, 0) is 0 Å². The second-order valence-electron chi connectivity index (χ2n) is 4.55. The van der Waals surface area contributed by atoms with E-state index in [9.17, 15) is 14.3 Å². The fourth-order valence-electron chi connectivity index (χ4n) is 2.17. The van der Waals surface area contributed by atoms with E-state index in [-0.39, 0.29) is 30.2 Å². The monoisotopic (exact) mass is 386 g/mol. The predicted molar refractivity (Wildman–Crippen MR) is 83.2 cm³/mol. The highest BCUT2D eigenvalue weighted by atomic mass is 79.9. The Morgan fingerprint density at radius 1 is 1.45 bits per heavy atom. The molecule has 114 valence electrons. The molecule has 1 aromatic carbocycles. The molecule has 2 aromatic rings. The average Bonchev–Trinajstić information content (AvgIpc) is 2.49. The lowest BCUT2D eigenvalue weighted by molar-refractivity contribution is 0.196. The highest BCUT2D eigenvalue weighted by molar-refractivity contribution is 9.10. The fourth-order valence-corrected chi connectivity index (χ4v) is 2.85. The van der Waals surface area contributed by atoms with E-state index in [0.29, 0.717) is 15.2 Å². The van der Waals surface area contributed by atoms with Crippen LogP contribution in [0.4, 0.5) is 15.0 Å². The Bertz CT molecular complexity index is 772. The maximum Gasteiger partial charge on any atom is 0.413 e. The molecule has 1 aliphatic rings. The van der Waals surface area contributed by atoms with Gasteiger partial charge in [0.25, 0.3) is 0 Å². The minimum Gasteiger partial charge on any atom is -0.487 e. The van der Waals surface area contributed by atoms with Gasteiger partial charge in [-0.3, -0.25) is 4.90 Å². The predicted octanol–water partition coefficient (Wildman–Crippen LogP) is 4.18. The summed E-state index contributed by atoms with van der Waals surface area (Å²) in [4.78, 5) is 16.6. The Morgan fingerprint density at radius 2 is 2.23 bits per heavy atom. The summed E-state index contributed by atoms with van der Waals surface area (Å²) in [6.07, 6.45) is -1.15. The van der Waals surface area contributed by atoms with Gasteiger partial charge in [0.1, 0.15) is 12.4 Å². The van der Waals surface area contributed by atoms with Crippen molar-refractivity contribution < 1.29 is 19.0 Å². The first-order valence-corrected chi connectivity index (χ1v) is 7.43. The molecule has 1 aliphatic heterocycles. The highest BCUT2D eigenvalue weighted by Gasteiger charge is 2.28. The molecule has 0 saturated carbocycles. The smallest absolute Gasteiger partial charge is 0.413 e. The second kappa shape index (κ2) is 5.73. The van der Waals surface area contributed by atoms with Gasteiger partial charge in [0.15, 0.2) is 11.6 Å². The Balaban J connectivity index is 2.19. The van der Waals surface area contributed by atoms with Gasteiger partial charge in [-0.25, -0.2) is 14.2 Å². The molecule has 0 atom stereocenters. The number of fused-ring (bicyclic) bond motifs is 1. The van der Waals surface area contributed by atoms with E-state index < -0.39 is 11.9 Å². The third-order valence-electron chi connectivity index (χ3n) is 3.16. The summed E-state index contributed by atoms with van der Waals surface area (Å²) >= 11 is 9.20. The van der Waals surface area contributed by atoms with E-state index in [1.54, 1.807) is 6.07 Å². The van der Waals surface area contributed by atoms with Crippen molar-refractivity contribution in [2.75, 3.05) is 18.1 Å². The van der Waals surface area contributed by atoms with Crippen molar-refractivity contribution in [1.29, 1.82) is 0 Å². The van der Waals surface area contributed by atoms with Crippen molar-refractivity contribution in [2.45, 2.75) is 0 Å². The summed E-state index contributed by atoms with van der Waals surface area (Å²) in [6, 6.07) is 5.67. The van der Waals surface area contributed by atoms with Gasteiger partial charge in [-0.15, -0.1) is 0 Å². The Hall–Kier alpha value is -1.86. The molecule has 0 bridgehead atoms. The Kier molecular flexibility index (Phi) is 3.92. The molecular weight excluding hydrogens is 379 g/mol. The van der Waals surface area contributed by atoms with Crippen LogP contribution in [0, 0.1) is 5.82 Å². The number of hydrogen-bond acceptors (Lipinski definition) is 3. The highest BCUT2D eigenvalue weighted by Crippen LogP contribution is 2.40. The molecular formula is C14H9BrClFN2O3. The van der Waals surface area contributed by atoms with E-state index in [0.717, 1.165) is 4.90 Å². The van der Waals surface area contributed by atoms with E-state index in [1.807, 2.05) is 0 Å². The first kappa shape index (κ1) is 15.1. The zero-order valence-electron chi connectivity index (χ0n) is 11.0. The van der Waals surface area contributed by atoms with Crippen molar-refractivity contribution in [2.24, 2.45) is 0 Å². The van der Waals surface area contributed by atoms with Crippen LogP contribution < -0.4 is 9.64 Å². The number of benzene rings is 1. The Morgan fingerprint density at radius 3 is 2.95 bits per heavy atom. The zero-order valence-corrected chi connectivity index (χ0v) is 13.4. The molecule has 2 heterocycles. The van der Waals surface area contributed by atoms with Crippen molar-refractivity contribution >= 4 is 39.4 Å². The van der Waals surface area contributed by atoms with Crippen LogP contribution in [0.25, 0.3) is 11.3 Å². The van der Waals surface area contributed by atoms with E-state index in [1.165, 1.54) is 18.2 Å². The number of rotatable bonds is 1. The maximum atomic E-state index is 14.0. The zero-order chi connectivity index (χ0) is 15.9. The topological polar surface area (TPSA) is 62.7 Å². The first-order chi connectivity index (χ1) is 10.5. The van der Waals surface area contributed by atoms with E-state index >= 15 is 0 Å². The minimum absolute atomic E-state index is 0.127. The molecule has 1 N–H and O–H groups in total. The first-order valence-electron chi connectivity index (χ1n) is 6.26. The maximum absolute atomic E-state index is 14.0. The van der Waals surface area contributed by atoms with Crippen LogP contribution in [0.5, 0.6) is 5.75 Å². The summed E-state index contributed by atoms with van der Waals surface area (Å²) in [5.41, 5.74) is 0.453. The molecule has 0 spiro atoms. The normalized spacial score (nSPS) is 13.5. The van der Waals surface area contributed by atoms with Gasteiger partial charge in [0, 0.05) is 10.6 Å². The van der Waals surface area contributed by atoms with E-state index in [4.69, 9.17) is 16.3 Å². The molecule has 3 rings (SSSR count). The summed E-state index contributed by atoms with van der Waals surface area (Å²) in [5.74, 6) is -0.0512. The fraction of sp³-hybridized carbons (Fsp3) is 0.143. The third-order valence-corrected chi connectivity index (χ3v) is 3.99. The number of carboxylic acid groups (broad SMARTS) is 1. The van der Waals surface area contributed by atoms with Crippen LogP contribution >= 0.6 is 27.5 Å². The van der Waals surface area contributed by atoms with Crippen LogP contribution in [-0.4, -0.2) is 29.3 Å². The molecule has 1 amide bonds. The summed E-state index contributed by atoms with van der Waals surface area (Å²) < 4.78 is 19.9. The van der Waals surface area contributed by atoms with Gasteiger partial charge in [0.2, 0.25) is 0 Å². The lowest BCUT2D eigenvalue weighted by atomic mass is 10.1. The molecule has 0 saturated heterocycles. The van der Waals surface area contributed by atoms with Crippen LogP contribution in [0.15, 0.2) is 28.7 Å². The number of hydrogen-bond donors (Lipinski definition) is 1. The van der Waals surface area contributed by atoms with E-state index in [2.05, 4.69) is 20.9 Å². The molecule has 1 aromatic heterocycles. The number of ether oxygens (including phenoxy) is 1. The van der Waals surface area contributed by atoms with Gasteiger partial charge in [-0.05, 0) is 40.2 Å². The molecule has 8 heteroatoms.